The first kappa shape index (κ1) is 6.10. The third kappa shape index (κ3) is 0.886. The van der Waals surface area contributed by atoms with Crippen LogP contribution in [-0.4, -0.2) is 5.75 Å². The van der Waals surface area contributed by atoms with Crippen molar-refractivity contribution in [3.63, 3.8) is 0 Å². The first-order valence-corrected chi connectivity index (χ1v) is 4.36. The standard InChI is InChI=1S/C8H9NS/c9-7-1-2-8-6(5-7)3-4-10-8/h1-2,5H,3-4,9H2. The number of hydrogen-bond acceptors (Lipinski definition) is 2. The monoisotopic (exact) mass is 151 g/mol. The fourth-order valence-electron chi connectivity index (χ4n) is 1.21. The lowest BCUT2D eigenvalue weighted by Gasteiger charge is -1.97. The number of nitrogen functional groups attached to an aromatic ring is 1. The molecule has 0 saturated carbocycles. The fraction of sp³-hybridized carbons (Fsp3) is 0.250. The molecular formula is C8H9NS. The van der Waals surface area contributed by atoms with Crippen LogP contribution in [0.4, 0.5) is 5.69 Å². The van der Waals surface area contributed by atoms with E-state index in [1.165, 1.54) is 22.6 Å². The largest absolute Gasteiger partial charge is 0.399 e. The van der Waals surface area contributed by atoms with Crippen molar-refractivity contribution in [3.8, 4) is 0 Å². The van der Waals surface area contributed by atoms with Crippen LogP contribution in [-0.2, 0) is 6.42 Å². The Balaban J connectivity index is 2.52. The summed E-state index contributed by atoms with van der Waals surface area (Å²) in [5.74, 6) is 1.22. The topological polar surface area (TPSA) is 26.0 Å². The average Bonchev–Trinajstić information content (AvgIpc) is 2.33. The molecule has 0 aliphatic carbocycles. The van der Waals surface area contributed by atoms with E-state index in [0.717, 1.165) is 5.69 Å². The predicted molar refractivity (Wildman–Crippen MR) is 45.3 cm³/mol. The molecule has 0 atom stereocenters. The van der Waals surface area contributed by atoms with Crippen molar-refractivity contribution in [2.75, 3.05) is 11.5 Å². The Morgan fingerprint density at radius 3 is 3.20 bits per heavy atom. The minimum Gasteiger partial charge on any atom is -0.399 e. The zero-order valence-electron chi connectivity index (χ0n) is 5.63. The number of aryl methyl sites for hydroxylation is 1. The second-order valence-corrected chi connectivity index (χ2v) is 3.60. The maximum absolute atomic E-state index is 5.62. The van der Waals surface area contributed by atoms with Crippen molar-refractivity contribution in [3.05, 3.63) is 23.8 Å². The van der Waals surface area contributed by atoms with Crippen molar-refractivity contribution in [2.24, 2.45) is 0 Å². The molecule has 0 unspecified atom stereocenters. The Morgan fingerprint density at radius 2 is 2.30 bits per heavy atom. The van der Waals surface area contributed by atoms with Crippen molar-refractivity contribution < 1.29 is 0 Å². The highest BCUT2D eigenvalue weighted by Gasteiger charge is 2.09. The van der Waals surface area contributed by atoms with Gasteiger partial charge < -0.3 is 5.73 Å². The Hall–Kier alpha value is -0.630. The molecule has 0 aromatic heterocycles. The molecule has 1 aromatic carbocycles. The van der Waals surface area contributed by atoms with E-state index in [1.54, 1.807) is 0 Å². The summed E-state index contributed by atoms with van der Waals surface area (Å²) in [6, 6.07) is 6.16. The zero-order valence-corrected chi connectivity index (χ0v) is 6.45. The van der Waals surface area contributed by atoms with Crippen LogP contribution >= 0.6 is 11.8 Å². The maximum Gasteiger partial charge on any atom is 0.0317 e. The van der Waals surface area contributed by atoms with E-state index in [0.29, 0.717) is 0 Å². The molecule has 0 bridgehead atoms. The van der Waals surface area contributed by atoms with Gasteiger partial charge in [-0.3, -0.25) is 0 Å². The van der Waals surface area contributed by atoms with E-state index >= 15 is 0 Å². The molecule has 1 aliphatic rings. The molecule has 0 spiro atoms. The van der Waals surface area contributed by atoms with Crippen molar-refractivity contribution in [1.82, 2.24) is 0 Å². The summed E-state index contributed by atoms with van der Waals surface area (Å²) in [6.45, 7) is 0. The highest BCUT2D eigenvalue weighted by atomic mass is 32.2. The van der Waals surface area contributed by atoms with E-state index in [4.69, 9.17) is 5.73 Å². The number of fused-ring (bicyclic) bond motifs is 1. The first-order valence-electron chi connectivity index (χ1n) is 3.37. The minimum atomic E-state index is 0.890. The van der Waals surface area contributed by atoms with Gasteiger partial charge in [-0.05, 0) is 30.2 Å². The SMILES string of the molecule is Nc1ccc2c(c1)CCS2. The van der Waals surface area contributed by atoms with Gasteiger partial charge in [-0.15, -0.1) is 11.8 Å². The number of hydrogen-bond donors (Lipinski definition) is 1. The van der Waals surface area contributed by atoms with E-state index in [1.807, 2.05) is 17.8 Å². The second kappa shape index (κ2) is 2.20. The zero-order chi connectivity index (χ0) is 6.97. The first-order chi connectivity index (χ1) is 4.86. The summed E-state index contributed by atoms with van der Waals surface area (Å²) in [5, 5.41) is 0. The molecule has 2 rings (SSSR count). The van der Waals surface area contributed by atoms with Gasteiger partial charge in [0.15, 0.2) is 0 Å². The van der Waals surface area contributed by atoms with Gasteiger partial charge in [0.2, 0.25) is 0 Å². The van der Waals surface area contributed by atoms with Gasteiger partial charge >= 0.3 is 0 Å². The summed E-state index contributed by atoms with van der Waals surface area (Å²) in [6.07, 6.45) is 1.19. The van der Waals surface area contributed by atoms with Crippen LogP contribution in [0.15, 0.2) is 23.1 Å². The Bertz CT molecular complexity index is 257. The van der Waals surface area contributed by atoms with Crippen LogP contribution in [0.25, 0.3) is 0 Å². The minimum absolute atomic E-state index is 0.890. The number of nitrogens with two attached hydrogens (primary N) is 1. The molecule has 2 N–H and O–H groups in total. The van der Waals surface area contributed by atoms with E-state index in [-0.39, 0.29) is 0 Å². The van der Waals surface area contributed by atoms with Gasteiger partial charge in [0, 0.05) is 16.3 Å². The lowest BCUT2D eigenvalue weighted by molar-refractivity contribution is 1.15. The van der Waals surface area contributed by atoms with Gasteiger partial charge in [-0.2, -0.15) is 0 Å². The summed E-state index contributed by atoms with van der Waals surface area (Å²) in [5.41, 5.74) is 7.93. The molecule has 0 fully saturated rings. The lowest BCUT2D eigenvalue weighted by Crippen LogP contribution is -1.86. The molecule has 0 amide bonds. The molecule has 10 heavy (non-hydrogen) atoms. The number of benzene rings is 1. The highest BCUT2D eigenvalue weighted by molar-refractivity contribution is 7.99. The number of thioether (sulfide) groups is 1. The van der Waals surface area contributed by atoms with Gasteiger partial charge in [-0.1, -0.05) is 0 Å². The molecule has 52 valence electrons. The molecular weight excluding hydrogens is 142 g/mol. The number of anilines is 1. The third-order valence-corrected chi connectivity index (χ3v) is 2.83. The maximum atomic E-state index is 5.62. The van der Waals surface area contributed by atoms with Crippen LogP contribution in [0.3, 0.4) is 0 Å². The van der Waals surface area contributed by atoms with Gasteiger partial charge in [-0.25, -0.2) is 0 Å². The van der Waals surface area contributed by atoms with Crippen LogP contribution in [0.5, 0.6) is 0 Å². The quantitative estimate of drug-likeness (QED) is 0.573. The lowest BCUT2D eigenvalue weighted by atomic mass is 10.1. The molecule has 0 radical (unpaired) electrons. The molecule has 2 heteroatoms. The average molecular weight is 151 g/mol. The predicted octanol–water partition coefficient (Wildman–Crippen LogP) is 1.92. The van der Waals surface area contributed by atoms with Crippen molar-refractivity contribution >= 4 is 17.4 Å². The Morgan fingerprint density at radius 1 is 1.40 bits per heavy atom. The molecule has 1 aromatic rings. The molecule has 1 nitrogen and oxygen atoms in total. The van der Waals surface area contributed by atoms with Crippen LogP contribution in [0.1, 0.15) is 5.56 Å². The van der Waals surface area contributed by atoms with Crippen LogP contribution in [0.2, 0.25) is 0 Å². The van der Waals surface area contributed by atoms with Crippen molar-refractivity contribution in [2.45, 2.75) is 11.3 Å². The van der Waals surface area contributed by atoms with Gasteiger partial charge in [0.1, 0.15) is 0 Å². The van der Waals surface area contributed by atoms with Gasteiger partial charge in [0.25, 0.3) is 0 Å². The smallest absolute Gasteiger partial charge is 0.0317 e. The Labute approximate surface area is 64.6 Å². The highest BCUT2D eigenvalue weighted by Crippen LogP contribution is 2.31. The van der Waals surface area contributed by atoms with E-state index in [9.17, 15) is 0 Å². The van der Waals surface area contributed by atoms with Crippen LogP contribution < -0.4 is 5.73 Å². The molecule has 0 saturated heterocycles. The van der Waals surface area contributed by atoms with E-state index < -0.39 is 0 Å². The molecule has 1 aliphatic heterocycles. The summed E-state index contributed by atoms with van der Waals surface area (Å²) in [4.78, 5) is 1.41. The van der Waals surface area contributed by atoms with Crippen LogP contribution in [0, 0.1) is 0 Å². The van der Waals surface area contributed by atoms with Crippen molar-refractivity contribution in [1.29, 1.82) is 0 Å². The summed E-state index contributed by atoms with van der Waals surface area (Å²) >= 11 is 1.92. The molecule has 1 heterocycles. The Kier molecular flexibility index (Phi) is 1.34. The number of rotatable bonds is 0. The third-order valence-electron chi connectivity index (χ3n) is 1.71. The second-order valence-electron chi connectivity index (χ2n) is 2.47. The van der Waals surface area contributed by atoms with E-state index in [2.05, 4.69) is 12.1 Å². The summed E-state index contributed by atoms with van der Waals surface area (Å²) in [7, 11) is 0. The van der Waals surface area contributed by atoms with Gasteiger partial charge in [0.05, 0.1) is 0 Å². The normalized spacial score (nSPS) is 15.2. The fourth-order valence-corrected chi connectivity index (χ4v) is 2.26. The summed E-state index contributed by atoms with van der Waals surface area (Å²) < 4.78 is 0.